The lowest BCUT2D eigenvalue weighted by molar-refractivity contribution is 0.0422. The lowest BCUT2D eigenvalue weighted by Gasteiger charge is -2.13. The van der Waals surface area contributed by atoms with E-state index in [2.05, 4.69) is 43.4 Å². The van der Waals surface area contributed by atoms with Crippen LogP contribution in [0, 0.1) is 0 Å². The lowest BCUT2D eigenvalue weighted by atomic mass is 10.1. The van der Waals surface area contributed by atoms with Crippen LogP contribution in [0.5, 0.6) is 0 Å². The second-order valence-corrected chi connectivity index (χ2v) is 5.26. The second-order valence-electron chi connectivity index (χ2n) is 5.26. The number of hydrogen-bond acceptors (Lipinski definition) is 3. The number of ether oxygens (including phenoxy) is 1. The molecule has 0 aromatic heterocycles. The maximum atomic E-state index is 9.79. The van der Waals surface area contributed by atoms with Crippen molar-refractivity contribution in [3.8, 4) is 0 Å². The van der Waals surface area contributed by atoms with E-state index in [0.29, 0.717) is 13.2 Å². The van der Waals surface area contributed by atoms with Gasteiger partial charge in [-0.15, -0.1) is 0 Å². The van der Waals surface area contributed by atoms with Crippen LogP contribution < -0.4 is 5.32 Å². The van der Waals surface area contributed by atoms with Gasteiger partial charge in [-0.2, -0.15) is 0 Å². The van der Waals surface area contributed by atoms with Crippen molar-refractivity contribution in [3.05, 3.63) is 29.8 Å². The van der Waals surface area contributed by atoms with E-state index in [-0.39, 0.29) is 0 Å². The van der Waals surface area contributed by atoms with Gasteiger partial charge in [-0.25, -0.2) is 0 Å². The van der Waals surface area contributed by atoms with E-state index in [1.54, 1.807) is 0 Å². The van der Waals surface area contributed by atoms with Gasteiger partial charge in [0.15, 0.2) is 0 Å². The Kier molecular flexibility index (Phi) is 9.09. The third-order valence-electron chi connectivity index (χ3n) is 3.27. The molecule has 0 heterocycles. The van der Waals surface area contributed by atoms with Gasteiger partial charge >= 0.3 is 0 Å². The molecule has 1 aromatic rings. The fourth-order valence-electron chi connectivity index (χ4n) is 1.93. The second kappa shape index (κ2) is 10.7. The number of aryl methyl sites for hydroxylation is 1. The minimum atomic E-state index is -0.452. The highest BCUT2D eigenvalue weighted by Crippen LogP contribution is 2.11. The maximum absolute atomic E-state index is 9.79. The molecule has 1 atom stereocenters. The quantitative estimate of drug-likeness (QED) is 0.608. The van der Waals surface area contributed by atoms with Crippen LogP contribution in [-0.4, -0.2) is 31.0 Å². The molecule has 1 unspecified atom stereocenters. The van der Waals surface area contributed by atoms with E-state index in [1.165, 1.54) is 18.4 Å². The molecule has 1 aromatic carbocycles. The Labute approximate surface area is 123 Å². The van der Waals surface area contributed by atoms with Crippen LogP contribution in [0.3, 0.4) is 0 Å². The van der Waals surface area contributed by atoms with E-state index in [0.717, 1.165) is 31.6 Å². The molecule has 0 aliphatic rings. The molecule has 20 heavy (non-hydrogen) atoms. The average molecular weight is 279 g/mol. The fourth-order valence-corrected chi connectivity index (χ4v) is 1.93. The third kappa shape index (κ3) is 7.51. The largest absolute Gasteiger partial charge is 0.389 e. The van der Waals surface area contributed by atoms with Crippen LogP contribution in [-0.2, 0) is 11.2 Å². The highest BCUT2D eigenvalue weighted by Gasteiger charge is 2.04. The van der Waals surface area contributed by atoms with Crippen molar-refractivity contribution in [2.45, 2.75) is 52.1 Å². The highest BCUT2D eigenvalue weighted by atomic mass is 16.5. The van der Waals surface area contributed by atoms with Crippen molar-refractivity contribution in [2.75, 3.05) is 25.1 Å². The Morgan fingerprint density at radius 3 is 2.45 bits per heavy atom. The molecule has 0 spiro atoms. The minimum Gasteiger partial charge on any atom is -0.389 e. The van der Waals surface area contributed by atoms with Crippen LogP contribution in [0.1, 0.15) is 45.1 Å². The molecule has 0 aliphatic carbocycles. The van der Waals surface area contributed by atoms with Crippen LogP contribution in [0.15, 0.2) is 24.3 Å². The zero-order valence-corrected chi connectivity index (χ0v) is 12.9. The molecule has 0 saturated heterocycles. The highest BCUT2D eigenvalue weighted by molar-refractivity contribution is 5.44. The molecule has 3 heteroatoms. The number of anilines is 1. The lowest BCUT2D eigenvalue weighted by Crippen LogP contribution is -2.25. The zero-order chi connectivity index (χ0) is 14.6. The SMILES string of the molecule is CCCCOCC(O)CNc1ccc(CCCC)cc1. The Morgan fingerprint density at radius 1 is 1.10 bits per heavy atom. The number of aliphatic hydroxyl groups excluding tert-OH is 1. The first-order valence-electron chi connectivity index (χ1n) is 7.84. The van der Waals surface area contributed by atoms with Crippen LogP contribution in [0.4, 0.5) is 5.69 Å². The predicted octanol–water partition coefficient (Wildman–Crippen LogP) is 3.62. The van der Waals surface area contributed by atoms with E-state index in [4.69, 9.17) is 4.74 Å². The Morgan fingerprint density at radius 2 is 1.80 bits per heavy atom. The third-order valence-corrected chi connectivity index (χ3v) is 3.27. The standard InChI is InChI=1S/C17H29NO2/c1-3-5-7-15-8-10-16(11-9-15)18-13-17(19)14-20-12-6-4-2/h8-11,17-19H,3-7,12-14H2,1-2H3. The van der Waals surface area contributed by atoms with Gasteiger partial charge in [0.05, 0.1) is 12.7 Å². The summed E-state index contributed by atoms with van der Waals surface area (Å²) < 4.78 is 5.40. The van der Waals surface area contributed by atoms with E-state index >= 15 is 0 Å². The Bertz CT molecular complexity index is 337. The first-order chi connectivity index (χ1) is 9.76. The molecule has 3 nitrogen and oxygen atoms in total. The summed E-state index contributed by atoms with van der Waals surface area (Å²) in [6, 6.07) is 8.47. The summed E-state index contributed by atoms with van der Waals surface area (Å²) in [5.74, 6) is 0. The van der Waals surface area contributed by atoms with Gasteiger partial charge in [0.1, 0.15) is 0 Å². The molecular formula is C17H29NO2. The van der Waals surface area contributed by atoms with E-state index < -0.39 is 6.10 Å². The summed E-state index contributed by atoms with van der Waals surface area (Å²) in [6.45, 7) is 6.01. The van der Waals surface area contributed by atoms with Gasteiger partial charge in [0.2, 0.25) is 0 Å². The van der Waals surface area contributed by atoms with Gasteiger partial charge in [-0.05, 0) is 37.0 Å². The maximum Gasteiger partial charge on any atom is 0.0945 e. The summed E-state index contributed by atoms with van der Waals surface area (Å²) >= 11 is 0. The normalized spacial score (nSPS) is 12.3. The Hall–Kier alpha value is -1.06. The molecule has 114 valence electrons. The molecule has 0 amide bonds. The van der Waals surface area contributed by atoms with Gasteiger partial charge in [0.25, 0.3) is 0 Å². The molecular weight excluding hydrogens is 250 g/mol. The number of aliphatic hydroxyl groups is 1. The van der Waals surface area contributed by atoms with Crippen LogP contribution in [0.25, 0.3) is 0 Å². The number of benzene rings is 1. The summed E-state index contributed by atoms with van der Waals surface area (Å²) in [4.78, 5) is 0. The van der Waals surface area contributed by atoms with Gasteiger partial charge in [0, 0.05) is 18.8 Å². The van der Waals surface area contributed by atoms with Gasteiger partial charge < -0.3 is 15.2 Å². The monoisotopic (exact) mass is 279 g/mol. The topological polar surface area (TPSA) is 41.5 Å². The summed E-state index contributed by atoms with van der Waals surface area (Å²) in [6.07, 6.45) is 5.33. The number of hydrogen-bond donors (Lipinski definition) is 2. The van der Waals surface area contributed by atoms with Gasteiger partial charge in [-0.1, -0.05) is 38.8 Å². The van der Waals surface area contributed by atoms with E-state index in [1.807, 2.05) is 0 Å². The van der Waals surface area contributed by atoms with Crippen LogP contribution in [0.2, 0.25) is 0 Å². The van der Waals surface area contributed by atoms with Crippen molar-refractivity contribution in [1.29, 1.82) is 0 Å². The Balaban J connectivity index is 2.20. The number of unbranched alkanes of at least 4 members (excludes halogenated alkanes) is 2. The summed E-state index contributed by atoms with van der Waals surface area (Å²) in [7, 11) is 0. The molecule has 1 rings (SSSR count). The molecule has 2 N–H and O–H groups in total. The number of rotatable bonds is 11. The van der Waals surface area contributed by atoms with Gasteiger partial charge in [-0.3, -0.25) is 0 Å². The predicted molar refractivity (Wildman–Crippen MR) is 85.3 cm³/mol. The van der Waals surface area contributed by atoms with Crippen molar-refractivity contribution < 1.29 is 9.84 Å². The molecule has 0 saturated carbocycles. The zero-order valence-electron chi connectivity index (χ0n) is 12.9. The number of nitrogens with one attached hydrogen (secondary N) is 1. The molecule has 0 fully saturated rings. The smallest absolute Gasteiger partial charge is 0.0945 e. The molecule has 0 bridgehead atoms. The first-order valence-corrected chi connectivity index (χ1v) is 7.84. The summed E-state index contributed by atoms with van der Waals surface area (Å²) in [5, 5.41) is 13.0. The fraction of sp³-hybridized carbons (Fsp3) is 0.647. The first kappa shape index (κ1) is 17.0. The van der Waals surface area contributed by atoms with Crippen molar-refractivity contribution in [2.24, 2.45) is 0 Å². The van der Waals surface area contributed by atoms with Crippen molar-refractivity contribution in [1.82, 2.24) is 0 Å². The molecule has 0 aliphatic heterocycles. The average Bonchev–Trinajstić information content (AvgIpc) is 2.48. The van der Waals surface area contributed by atoms with Crippen LogP contribution >= 0.6 is 0 Å². The van der Waals surface area contributed by atoms with Crippen molar-refractivity contribution in [3.63, 3.8) is 0 Å². The van der Waals surface area contributed by atoms with E-state index in [9.17, 15) is 5.11 Å². The summed E-state index contributed by atoms with van der Waals surface area (Å²) in [5.41, 5.74) is 2.43. The van der Waals surface area contributed by atoms with Crippen molar-refractivity contribution >= 4 is 5.69 Å². The molecule has 0 radical (unpaired) electrons. The minimum absolute atomic E-state index is 0.404.